The van der Waals surface area contributed by atoms with Crippen LogP contribution in [0.4, 0.5) is 0 Å². The molecule has 7 nitrogen and oxygen atoms in total. The molecule has 1 aromatic heterocycles. The Morgan fingerprint density at radius 2 is 1.68 bits per heavy atom. The summed E-state index contributed by atoms with van der Waals surface area (Å²) in [5.41, 5.74) is 1.89. The second-order valence-corrected chi connectivity index (χ2v) is 7.92. The van der Waals surface area contributed by atoms with Gasteiger partial charge in [-0.1, -0.05) is 62.7 Å². The van der Waals surface area contributed by atoms with Crippen molar-refractivity contribution in [1.29, 1.82) is 0 Å². The molecule has 0 spiro atoms. The average molecular weight is 421 g/mol. The minimum Gasteiger partial charge on any atom is -0.350 e. The smallest absolute Gasteiger partial charge is 0.350 e. The summed E-state index contributed by atoms with van der Waals surface area (Å²) >= 11 is 0. The second-order valence-electron chi connectivity index (χ2n) is 7.92. The van der Waals surface area contributed by atoms with Crippen molar-refractivity contribution < 1.29 is 4.79 Å². The molecule has 0 aliphatic heterocycles. The van der Waals surface area contributed by atoms with E-state index in [-0.39, 0.29) is 12.2 Å². The maximum Gasteiger partial charge on any atom is 0.352 e. The van der Waals surface area contributed by atoms with Gasteiger partial charge >= 0.3 is 5.69 Å². The molecule has 0 atom stereocenters. The fourth-order valence-electron chi connectivity index (χ4n) is 3.16. The normalized spacial score (nSPS) is 11.0. The van der Waals surface area contributed by atoms with Gasteiger partial charge in [-0.3, -0.25) is 14.2 Å². The highest BCUT2D eigenvalue weighted by Gasteiger charge is 2.20. The Kier molecular flexibility index (Phi) is 6.84. The van der Waals surface area contributed by atoms with Crippen molar-refractivity contribution in [3.05, 3.63) is 91.8 Å². The highest BCUT2D eigenvalue weighted by atomic mass is 16.2. The Labute approximate surface area is 181 Å². The van der Waals surface area contributed by atoms with Crippen LogP contribution in [0.5, 0.6) is 0 Å². The first-order valence-corrected chi connectivity index (χ1v) is 10.5. The van der Waals surface area contributed by atoms with Gasteiger partial charge in [0.2, 0.25) is 5.69 Å². The zero-order valence-electron chi connectivity index (χ0n) is 18.4. The standard InChI is InChI=1S/C24H28N4O3/c1-5-14-25-22(29)21-23(30)27(15-18-8-6-17(4)7-9-18)24(31)28(26-21)20-12-10-19(11-13-20)16(2)3/h6-13,16H,5,14-15H2,1-4H3,(H,25,29). The SMILES string of the molecule is CCCNC(=O)c1nn(-c2ccc(C(C)C)cc2)c(=O)n(Cc2ccc(C)cc2)c1=O. The van der Waals surface area contributed by atoms with Crippen molar-refractivity contribution in [3.63, 3.8) is 0 Å². The second kappa shape index (κ2) is 9.55. The van der Waals surface area contributed by atoms with Crippen LogP contribution in [0.3, 0.4) is 0 Å². The summed E-state index contributed by atoms with van der Waals surface area (Å²) in [5, 5.41) is 6.82. The van der Waals surface area contributed by atoms with Crippen LogP contribution < -0.4 is 16.6 Å². The number of benzene rings is 2. The van der Waals surface area contributed by atoms with Gasteiger partial charge < -0.3 is 5.32 Å². The number of rotatable bonds is 7. The van der Waals surface area contributed by atoms with E-state index >= 15 is 0 Å². The van der Waals surface area contributed by atoms with E-state index in [0.717, 1.165) is 32.4 Å². The van der Waals surface area contributed by atoms with Crippen molar-refractivity contribution in [2.75, 3.05) is 6.54 Å². The number of hydrogen-bond donors (Lipinski definition) is 1. The van der Waals surface area contributed by atoms with E-state index < -0.39 is 17.2 Å². The lowest BCUT2D eigenvalue weighted by atomic mass is 10.0. The Morgan fingerprint density at radius 1 is 1.03 bits per heavy atom. The molecule has 1 N–H and O–H groups in total. The van der Waals surface area contributed by atoms with Crippen molar-refractivity contribution in [3.8, 4) is 5.69 Å². The zero-order valence-corrected chi connectivity index (χ0v) is 18.4. The molecule has 2 aromatic carbocycles. The third-order valence-electron chi connectivity index (χ3n) is 5.08. The third kappa shape index (κ3) is 4.99. The first kappa shape index (κ1) is 22.2. The molecule has 0 radical (unpaired) electrons. The van der Waals surface area contributed by atoms with Crippen molar-refractivity contribution >= 4 is 5.91 Å². The van der Waals surface area contributed by atoms with Gasteiger partial charge in [-0.15, -0.1) is 0 Å². The van der Waals surface area contributed by atoms with Gasteiger partial charge in [0.25, 0.3) is 11.5 Å². The maximum absolute atomic E-state index is 13.2. The molecule has 1 heterocycles. The average Bonchev–Trinajstić information content (AvgIpc) is 2.76. The predicted octanol–water partition coefficient (Wildman–Crippen LogP) is 3.01. The predicted molar refractivity (Wildman–Crippen MR) is 121 cm³/mol. The largest absolute Gasteiger partial charge is 0.352 e. The number of nitrogens with zero attached hydrogens (tertiary/aromatic N) is 3. The van der Waals surface area contributed by atoms with Gasteiger partial charge in [-0.25, -0.2) is 4.79 Å². The van der Waals surface area contributed by atoms with E-state index in [1.807, 2.05) is 50.2 Å². The van der Waals surface area contributed by atoms with E-state index in [4.69, 9.17) is 0 Å². The van der Waals surface area contributed by atoms with E-state index in [2.05, 4.69) is 24.3 Å². The van der Waals surface area contributed by atoms with E-state index in [1.165, 1.54) is 0 Å². The molecular formula is C24H28N4O3. The number of hydrogen-bond acceptors (Lipinski definition) is 4. The molecule has 31 heavy (non-hydrogen) atoms. The summed E-state index contributed by atoms with van der Waals surface area (Å²) in [7, 11) is 0. The number of amides is 1. The number of aryl methyl sites for hydroxylation is 1. The molecular weight excluding hydrogens is 392 g/mol. The van der Waals surface area contributed by atoms with Crippen LogP contribution in [-0.2, 0) is 6.54 Å². The highest BCUT2D eigenvalue weighted by molar-refractivity contribution is 5.91. The first-order valence-electron chi connectivity index (χ1n) is 10.5. The topological polar surface area (TPSA) is 86.0 Å². The van der Waals surface area contributed by atoms with Crippen LogP contribution in [0.15, 0.2) is 58.1 Å². The highest BCUT2D eigenvalue weighted by Crippen LogP contribution is 2.15. The molecule has 162 valence electrons. The van der Waals surface area contributed by atoms with Crippen molar-refractivity contribution in [2.24, 2.45) is 0 Å². The molecule has 0 aliphatic rings. The Hall–Kier alpha value is -3.48. The molecule has 0 aliphatic carbocycles. The number of nitrogens with one attached hydrogen (secondary N) is 1. The number of aromatic nitrogens is 3. The maximum atomic E-state index is 13.2. The van der Waals surface area contributed by atoms with E-state index in [0.29, 0.717) is 18.2 Å². The summed E-state index contributed by atoms with van der Waals surface area (Å²) in [5.74, 6) is -0.248. The number of carbonyl (C=O) groups excluding carboxylic acids is 1. The van der Waals surface area contributed by atoms with Gasteiger partial charge in [-0.05, 0) is 42.5 Å². The van der Waals surface area contributed by atoms with Gasteiger partial charge in [0.05, 0.1) is 12.2 Å². The molecule has 0 saturated heterocycles. The lowest BCUT2D eigenvalue weighted by Gasteiger charge is -2.13. The van der Waals surface area contributed by atoms with Crippen LogP contribution in [0.25, 0.3) is 5.69 Å². The van der Waals surface area contributed by atoms with Crippen molar-refractivity contribution in [1.82, 2.24) is 19.7 Å². The molecule has 0 unspecified atom stereocenters. The van der Waals surface area contributed by atoms with Gasteiger partial charge in [-0.2, -0.15) is 9.78 Å². The fourth-order valence-corrected chi connectivity index (χ4v) is 3.16. The Bertz CT molecular complexity index is 1170. The van der Waals surface area contributed by atoms with Crippen LogP contribution in [0.2, 0.25) is 0 Å². The third-order valence-corrected chi connectivity index (χ3v) is 5.08. The van der Waals surface area contributed by atoms with Crippen LogP contribution in [0.1, 0.15) is 60.3 Å². The van der Waals surface area contributed by atoms with Crippen LogP contribution in [-0.4, -0.2) is 26.8 Å². The molecule has 1 amide bonds. The fraction of sp³-hybridized carbons (Fsp3) is 0.333. The minimum absolute atomic E-state index is 0.0542. The Morgan fingerprint density at radius 3 is 2.26 bits per heavy atom. The zero-order chi connectivity index (χ0) is 22.5. The van der Waals surface area contributed by atoms with Gasteiger partial charge in [0, 0.05) is 6.54 Å². The number of carbonyl (C=O) groups is 1. The summed E-state index contributed by atoms with van der Waals surface area (Å²) in [6.45, 7) is 8.51. The monoisotopic (exact) mass is 420 g/mol. The first-order chi connectivity index (χ1) is 14.8. The van der Waals surface area contributed by atoms with Gasteiger partial charge in [0.1, 0.15) is 0 Å². The van der Waals surface area contributed by atoms with Crippen LogP contribution in [0, 0.1) is 6.92 Å². The lowest BCUT2D eigenvalue weighted by Crippen LogP contribution is -2.46. The lowest BCUT2D eigenvalue weighted by molar-refractivity contribution is 0.0944. The molecule has 3 aromatic rings. The van der Waals surface area contributed by atoms with E-state index in [9.17, 15) is 14.4 Å². The molecule has 0 saturated carbocycles. The summed E-state index contributed by atoms with van der Waals surface area (Å²) in [4.78, 5) is 38.8. The van der Waals surface area contributed by atoms with Gasteiger partial charge in [0.15, 0.2) is 0 Å². The molecule has 7 heteroatoms. The summed E-state index contributed by atoms with van der Waals surface area (Å²) in [6, 6.07) is 14.9. The summed E-state index contributed by atoms with van der Waals surface area (Å²) < 4.78 is 2.19. The molecule has 3 rings (SSSR count). The van der Waals surface area contributed by atoms with Crippen molar-refractivity contribution in [2.45, 2.75) is 46.6 Å². The Balaban J connectivity index is 2.15. The van der Waals surface area contributed by atoms with E-state index in [1.54, 1.807) is 12.1 Å². The molecule has 0 bridgehead atoms. The summed E-state index contributed by atoms with van der Waals surface area (Å²) in [6.07, 6.45) is 0.722. The molecule has 0 fully saturated rings. The van der Waals surface area contributed by atoms with Crippen LogP contribution >= 0.6 is 0 Å². The minimum atomic E-state index is -0.700. The quantitative estimate of drug-likeness (QED) is 0.637.